The maximum absolute atomic E-state index is 10.0. The Morgan fingerprint density at radius 3 is 2.00 bits per heavy atom. The lowest BCUT2D eigenvalue weighted by molar-refractivity contribution is -0.384. The number of hydrogen-bond donors (Lipinski definition) is 1. The molecule has 16 heavy (non-hydrogen) atoms. The average Bonchev–Trinajstić information content (AvgIpc) is 2.17. The number of carboxylic acid groups (broad SMARTS) is 1. The molecule has 0 aliphatic heterocycles. The molecule has 0 saturated heterocycles. The molecular weight excluding hydrogens is 238 g/mol. The lowest BCUT2D eigenvalue weighted by Gasteiger charge is -1.85. The Kier molecular flexibility index (Phi) is 6.13. The Morgan fingerprint density at radius 2 is 1.81 bits per heavy atom. The first-order valence-corrected chi connectivity index (χ1v) is 4.92. The summed E-state index contributed by atoms with van der Waals surface area (Å²) < 4.78 is 18.7. The second-order valence-electron chi connectivity index (χ2n) is 2.31. The molecule has 1 N–H and O–H groups in total. The van der Waals surface area contributed by atoms with Gasteiger partial charge in [0.15, 0.2) is 0 Å². The van der Waals surface area contributed by atoms with Crippen LogP contribution >= 0.6 is 0 Å². The summed E-state index contributed by atoms with van der Waals surface area (Å²) in [6.07, 6.45) is 0. The molecule has 0 saturated carbocycles. The summed E-state index contributed by atoms with van der Waals surface area (Å²) in [5, 5.41) is 17.8. The number of para-hydroxylation sites is 1. The number of nitro benzene ring substituents is 1. The average molecular weight is 245 g/mol. The monoisotopic (exact) mass is 245 g/mol. The van der Waals surface area contributed by atoms with Crippen LogP contribution in [0.5, 0.6) is 0 Å². The second-order valence-corrected chi connectivity index (χ2v) is 3.07. The van der Waals surface area contributed by atoms with Crippen molar-refractivity contribution in [2.75, 3.05) is 0 Å². The van der Waals surface area contributed by atoms with E-state index in [1.807, 2.05) is 0 Å². The third-order valence-corrected chi connectivity index (χ3v) is 1.56. The molecule has 0 heterocycles. The van der Waals surface area contributed by atoms with Gasteiger partial charge in [0.05, 0.1) is 4.92 Å². The summed E-state index contributed by atoms with van der Waals surface area (Å²) >= 11 is 0. The third kappa shape index (κ3) is 7.21. The highest BCUT2D eigenvalue weighted by atomic mass is 32.2. The van der Waals surface area contributed by atoms with Gasteiger partial charge in [-0.3, -0.25) is 10.1 Å². The largest absolute Gasteiger partial charge is 0.477 e. The van der Waals surface area contributed by atoms with Crippen LogP contribution in [0.15, 0.2) is 30.3 Å². The number of carboxylic acids is 1. The van der Waals surface area contributed by atoms with Gasteiger partial charge in [-0.25, -0.2) is 4.79 Å². The Hall–Kier alpha value is -2.22. The lowest BCUT2D eigenvalue weighted by atomic mass is 10.3. The first-order chi connectivity index (χ1) is 7.43. The van der Waals surface area contributed by atoms with Crippen LogP contribution in [0.4, 0.5) is 5.69 Å². The van der Waals surface area contributed by atoms with Crippen molar-refractivity contribution in [3.05, 3.63) is 40.4 Å². The normalized spacial score (nSPS) is 8.25. The fourth-order valence-corrected chi connectivity index (χ4v) is 0.797. The number of nitro groups is 1. The molecule has 0 aromatic heterocycles. The molecule has 8 heteroatoms. The summed E-state index contributed by atoms with van der Waals surface area (Å²) in [6.45, 7) is 0. The van der Waals surface area contributed by atoms with E-state index in [1.165, 1.54) is 12.1 Å². The number of non-ortho nitro benzene ring substituents is 1. The maximum Gasteiger partial charge on any atom is 0.343 e. The quantitative estimate of drug-likeness (QED) is 0.456. The summed E-state index contributed by atoms with van der Waals surface area (Å²) in [6, 6.07) is 7.93. The molecular formula is C8H7NO6S. The predicted molar refractivity (Wildman–Crippen MR) is 55.7 cm³/mol. The van der Waals surface area contributed by atoms with E-state index < -0.39 is 21.2 Å². The second kappa shape index (κ2) is 7.12. The zero-order valence-corrected chi connectivity index (χ0v) is 8.62. The molecule has 0 bridgehead atoms. The van der Waals surface area contributed by atoms with Gasteiger partial charge in [0.25, 0.3) is 5.69 Å². The Labute approximate surface area is 91.6 Å². The van der Waals surface area contributed by atoms with Crippen molar-refractivity contribution in [3.8, 4) is 0 Å². The van der Waals surface area contributed by atoms with E-state index in [-0.39, 0.29) is 11.1 Å². The molecule has 1 aromatic carbocycles. The number of carbonyl (C=O) groups is 1. The molecule has 0 atom stereocenters. The molecule has 7 nitrogen and oxygen atoms in total. The predicted octanol–water partition coefficient (Wildman–Crippen LogP) is 0.347. The Morgan fingerprint density at radius 1 is 1.31 bits per heavy atom. The van der Waals surface area contributed by atoms with Gasteiger partial charge in [0.1, 0.15) is 5.37 Å². The van der Waals surface area contributed by atoms with Crippen molar-refractivity contribution >= 4 is 27.3 Å². The van der Waals surface area contributed by atoms with Crippen molar-refractivity contribution in [2.45, 2.75) is 0 Å². The zero-order valence-electron chi connectivity index (χ0n) is 7.81. The highest BCUT2D eigenvalue weighted by molar-refractivity contribution is 7.73. The maximum atomic E-state index is 10.0. The van der Waals surface area contributed by atoms with Crippen molar-refractivity contribution in [1.29, 1.82) is 0 Å². The van der Waals surface area contributed by atoms with Crippen LogP contribution < -0.4 is 0 Å². The molecule has 0 aliphatic rings. The molecule has 0 fully saturated rings. The summed E-state index contributed by atoms with van der Waals surface area (Å²) in [5.74, 6) is -1.45. The SMILES string of the molecule is O=C(O)C=S(=O)=O.O=[N+]([O-])c1ccccc1. The van der Waals surface area contributed by atoms with E-state index in [2.05, 4.69) is 0 Å². The molecule has 0 amide bonds. The number of benzene rings is 1. The minimum absolute atomic E-state index is 0.137. The summed E-state index contributed by atoms with van der Waals surface area (Å²) in [4.78, 5) is 19.0. The molecule has 86 valence electrons. The Balaban J connectivity index is 0.000000293. The van der Waals surface area contributed by atoms with E-state index in [9.17, 15) is 23.3 Å². The van der Waals surface area contributed by atoms with Crippen LogP contribution in [0, 0.1) is 10.1 Å². The van der Waals surface area contributed by atoms with Crippen molar-refractivity contribution in [1.82, 2.24) is 0 Å². The highest BCUT2D eigenvalue weighted by Gasteiger charge is 1.98. The van der Waals surface area contributed by atoms with E-state index in [1.54, 1.807) is 18.2 Å². The lowest BCUT2D eigenvalue weighted by Crippen LogP contribution is -1.94. The fourth-order valence-electron chi connectivity index (χ4n) is 0.632. The van der Waals surface area contributed by atoms with Crippen LogP contribution in [0.25, 0.3) is 0 Å². The minimum atomic E-state index is -2.57. The van der Waals surface area contributed by atoms with Gasteiger partial charge in [-0.2, -0.15) is 8.42 Å². The molecule has 1 rings (SSSR count). The molecule has 0 unspecified atom stereocenters. The summed E-state index contributed by atoms with van der Waals surface area (Å²) in [7, 11) is -2.57. The standard InChI is InChI=1S/C6H5NO2.C2H2O4S/c8-7(9)6-4-2-1-3-5-6;3-2(4)1-7(5)6/h1-5H;1H,(H,3,4). The number of rotatable bonds is 2. The van der Waals surface area contributed by atoms with Crippen LogP contribution in [0.3, 0.4) is 0 Å². The van der Waals surface area contributed by atoms with E-state index in [0.717, 1.165) is 0 Å². The van der Waals surface area contributed by atoms with Crippen molar-refractivity contribution in [2.24, 2.45) is 0 Å². The van der Waals surface area contributed by atoms with Gasteiger partial charge >= 0.3 is 5.97 Å². The van der Waals surface area contributed by atoms with Crippen LogP contribution in [0.2, 0.25) is 0 Å². The molecule has 0 spiro atoms. The molecule has 0 aliphatic carbocycles. The van der Waals surface area contributed by atoms with Crippen LogP contribution in [-0.4, -0.2) is 29.8 Å². The van der Waals surface area contributed by atoms with Crippen molar-refractivity contribution in [3.63, 3.8) is 0 Å². The van der Waals surface area contributed by atoms with Gasteiger partial charge in [0, 0.05) is 12.1 Å². The molecule has 1 aromatic rings. The number of aliphatic carboxylic acids is 1. The van der Waals surface area contributed by atoms with Crippen LogP contribution in [-0.2, 0) is 15.1 Å². The van der Waals surface area contributed by atoms with Crippen molar-refractivity contribution < 1.29 is 23.2 Å². The van der Waals surface area contributed by atoms with Crippen LogP contribution in [0.1, 0.15) is 0 Å². The topological polar surface area (TPSA) is 115 Å². The van der Waals surface area contributed by atoms with Gasteiger partial charge in [-0.05, 0) is 0 Å². The van der Waals surface area contributed by atoms with Gasteiger partial charge < -0.3 is 5.11 Å². The first-order valence-electron chi connectivity index (χ1n) is 3.78. The number of hydrogen-bond acceptors (Lipinski definition) is 5. The van der Waals surface area contributed by atoms with E-state index in [4.69, 9.17) is 5.11 Å². The summed E-state index contributed by atoms with van der Waals surface area (Å²) in [5.41, 5.74) is 0.137. The van der Waals surface area contributed by atoms with E-state index in [0.29, 0.717) is 0 Å². The van der Waals surface area contributed by atoms with Gasteiger partial charge in [-0.1, -0.05) is 18.2 Å². The first kappa shape index (κ1) is 13.8. The minimum Gasteiger partial charge on any atom is -0.477 e. The van der Waals surface area contributed by atoms with Gasteiger partial charge in [0.2, 0.25) is 10.3 Å². The van der Waals surface area contributed by atoms with Gasteiger partial charge in [-0.15, -0.1) is 0 Å². The third-order valence-electron chi connectivity index (χ3n) is 1.16. The highest BCUT2D eigenvalue weighted by Crippen LogP contribution is 2.06. The fraction of sp³-hybridized carbons (Fsp3) is 0. The Bertz CT molecular complexity index is 485. The van der Waals surface area contributed by atoms with E-state index >= 15 is 0 Å². The zero-order chi connectivity index (χ0) is 12.6. The molecule has 0 radical (unpaired) electrons. The smallest absolute Gasteiger partial charge is 0.343 e. The number of nitrogens with zero attached hydrogens (tertiary/aromatic N) is 1.